The van der Waals surface area contributed by atoms with E-state index in [4.69, 9.17) is 9.52 Å². The summed E-state index contributed by atoms with van der Waals surface area (Å²) in [5, 5.41) is 11.7. The van der Waals surface area contributed by atoms with Gasteiger partial charge in [0.2, 0.25) is 5.09 Å². The topological polar surface area (TPSA) is 129 Å². The Bertz CT molecular complexity index is 824. The van der Waals surface area contributed by atoms with Crippen LogP contribution in [0.2, 0.25) is 0 Å². The fraction of sp³-hybridized carbons (Fsp3) is 0.647. The fourth-order valence-electron chi connectivity index (χ4n) is 3.33. The summed E-state index contributed by atoms with van der Waals surface area (Å²) in [4.78, 5) is 25.5. The van der Waals surface area contributed by atoms with Crippen molar-refractivity contribution in [3.63, 3.8) is 0 Å². The van der Waals surface area contributed by atoms with Gasteiger partial charge in [-0.3, -0.25) is 14.5 Å². The normalized spacial score (nSPS) is 22.5. The van der Waals surface area contributed by atoms with Crippen LogP contribution in [0.5, 0.6) is 0 Å². The summed E-state index contributed by atoms with van der Waals surface area (Å²) in [5.74, 6) is -0.391. The number of rotatable bonds is 9. The van der Waals surface area contributed by atoms with Crippen LogP contribution >= 0.6 is 0 Å². The second-order valence-corrected chi connectivity index (χ2v) is 9.12. The van der Waals surface area contributed by atoms with Crippen molar-refractivity contribution in [3.8, 4) is 0 Å². The van der Waals surface area contributed by atoms with Crippen molar-refractivity contribution >= 4 is 21.9 Å². The second-order valence-electron chi connectivity index (χ2n) is 7.31. The summed E-state index contributed by atoms with van der Waals surface area (Å²) in [7, 11) is -2.48. The second kappa shape index (κ2) is 7.61. The Morgan fingerprint density at radius 3 is 2.56 bits per heavy atom. The molecule has 1 amide bonds. The molecule has 0 aromatic carbocycles. The third-order valence-electron chi connectivity index (χ3n) is 5.17. The molecule has 2 fully saturated rings. The highest BCUT2D eigenvalue weighted by Gasteiger charge is 2.38. The lowest BCUT2D eigenvalue weighted by Crippen LogP contribution is -2.55. The van der Waals surface area contributed by atoms with Crippen LogP contribution in [0.25, 0.3) is 0 Å². The molecular formula is C17H25N3O6S. The lowest BCUT2D eigenvalue weighted by atomic mass is 9.85. The number of carbonyl (C=O) groups excluding carboxylic acids is 1. The van der Waals surface area contributed by atoms with E-state index < -0.39 is 16.0 Å². The minimum Gasteiger partial charge on any atom is -0.480 e. The van der Waals surface area contributed by atoms with E-state index in [9.17, 15) is 18.0 Å². The van der Waals surface area contributed by atoms with Gasteiger partial charge in [0.1, 0.15) is 5.76 Å². The Kier molecular flexibility index (Phi) is 5.59. The standard InChI is InChI=1S/C17H25N3O6S/c1-10-14(7-16(26-10)27(24,25)18-2)17(23)19-12-5-13(6-12)20(9-15(21)22)8-11-3-4-11/h7,11-13,18H,3-6,8-9H2,1-2H3,(H,19,23)(H,21,22). The van der Waals surface area contributed by atoms with Crippen molar-refractivity contribution in [3.05, 3.63) is 17.4 Å². The molecule has 0 radical (unpaired) electrons. The number of nitrogens with one attached hydrogen (secondary N) is 2. The first-order valence-corrected chi connectivity index (χ1v) is 10.5. The molecule has 10 heteroatoms. The summed E-state index contributed by atoms with van der Waals surface area (Å²) in [6.45, 7) is 2.36. The largest absolute Gasteiger partial charge is 0.480 e. The molecule has 1 aromatic heterocycles. The zero-order valence-electron chi connectivity index (χ0n) is 15.4. The Morgan fingerprint density at radius 1 is 1.33 bits per heavy atom. The zero-order chi connectivity index (χ0) is 19.8. The SMILES string of the molecule is CNS(=O)(=O)c1cc(C(=O)NC2CC(N(CC(=O)O)CC3CC3)C2)c(C)o1. The maximum Gasteiger partial charge on any atom is 0.317 e. The number of furan rings is 1. The van der Waals surface area contributed by atoms with Crippen LogP contribution < -0.4 is 10.0 Å². The first-order valence-electron chi connectivity index (χ1n) is 9.00. The maximum atomic E-state index is 12.4. The van der Waals surface area contributed by atoms with Gasteiger partial charge in [-0.1, -0.05) is 0 Å². The van der Waals surface area contributed by atoms with E-state index in [-0.39, 0.29) is 41.0 Å². The molecule has 0 atom stereocenters. The van der Waals surface area contributed by atoms with Crippen molar-refractivity contribution in [1.82, 2.24) is 14.9 Å². The number of sulfonamides is 1. The summed E-state index contributed by atoms with van der Waals surface area (Å²) in [6.07, 6.45) is 3.68. The number of carboxylic acid groups (broad SMARTS) is 1. The highest BCUT2D eigenvalue weighted by molar-refractivity contribution is 7.89. The predicted octanol–water partition coefficient (Wildman–Crippen LogP) is 0.554. The van der Waals surface area contributed by atoms with Gasteiger partial charge in [0.15, 0.2) is 0 Å². The highest BCUT2D eigenvalue weighted by Crippen LogP contribution is 2.34. The quantitative estimate of drug-likeness (QED) is 0.553. The van der Waals surface area contributed by atoms with Crippen molar-refractivity contribution in [2.45, 2.75) is 49.8 Å². The Hall–Kier alpha value is -1.91. The predicted molar refractivity (Wildman–Crippen MR) is 95.9 cm³/mol. The molecule has 1 aromatic rings. The van der Waals surface area contributed by atoms with Crippen molar-refractivity contribution in [1.29, 1.82) is 0 Å². The van der Waals surface area contributed by atoms with Crippen LogP contribution in [0, 0.1) is 12.8 Å². The molecular weight excluding hydrogens is 374 g/mol. The average molecular weight is 399 g/mol. The molecule has 3 N–H and O–H groups in total. The minimum absolute atomic E-state index is 0.0217. The molecule has 0 aliphatic heterocycles. The Labute approximate surface area is 158 Å². The third kappa shape index (κ3) is 4.69. The van der Waals surface area contributed by atoms with Crippen LogP contribution in [0.3, 0.4) is 0 Å². The molecule has 0 unspecified atom stereocenters. The van der Waals surface area contributed by atoms with Gasteiger partial charge in [0.05, 0.1) is 12.1 Å². The van der Waals surface area contributed by atoms with Gasteiger partial charge in [0, 0.05) is 24.7 Å². The first kappa shape index (κ1) is 19.8. The molecule has 2 aliphatic carbocycles. The molecule has 3 rings (SSSR count). The summed E-state index contributed by atoms with van der Waals surface area (Å²) >= 11 is 0. The van der Waals surface area contributed by atoms with Crippen LogP contribution in [-0.4, -0.2) is 62.5 Å². The van der Waals surface area contributed by atoms with E-state index >= 15 is 0 Å². The number of aryl methyl sites for hydroxylation is 1. The molecule has 1 heterocycles. The van der Waals surface area contributed by atoms with Gasteiger partial charge < -0.3 is 14.8 Å². The van der Waals surface area contributed by atoms with Gasteiger partial charge in [-0.2, -0.15) is 0 Å². The zero-order valence-corrected chi connectivity index (χ0v) is 16.2. The molecule has 2 saturated carbocycles. The third-order valence-corrected chi connectivity index (χ3v) is 6.43. The van der Waals surface area contributed by atoms with Crippen LogP contribution in [0.15, 0.2) is 15.6 Å². The van der Waals surface area contributed by atoms with Gasteiger partial charge in [-0.25, -0.2) is 13.1 Å². The van der Waals surface area contributed by atoms with Crippen molar-refractivity contribution < 1.29 is 27.5 Å². The molecule has 27 heavy (non-hydrogen) atoms. The van der Waals surface area contributed by atoms with Gasteiger partial charge in [-0.05, 0) is 45.6 Å². The highest BCUT2D eigenvalue weighted by atomic mass is 32.2. The Balaban J connectivity index is 1.56. The number of hydrogen-bond acceptors (Lipinski definition) is 6. The fourth-order valence-corrected chi connectivity index (χ4v) is 4.04. The molecule has 0 bridgehead atoms. The smallest absolute Gasteiger partial charge is 0.317 e. The van der Waals surface area contributed by atoms with E-state index in [1.54, 1.807) is 0 Å². The van der Waals surface area contributed by atoms with Crippen molar-refractivity contribution in [2.75, 3.05) is 20.1 Å². The minimum atomic E-state index is -3.75. The van der Waals surface area contributed by atoms with Gasteiger partial charge in [0.25, 0.3) is 15.9 Å². The van der Waals surface area contributed by atoms with Gasteiger partial charge >= 0.3 is 5.97 Å². The molecule has 150 valence electrons. The lowest BCUT2D eigenvalue weighted by molar-refractivity contribution is -0.139. The molecule has 0 saturated heterocycles. The first-order chi connectivity index (χ1) is 12.7. The summed E-state index contributed by atoms with van der Waals surface area (Å²) in [6, 6.07) is 1.31. The summed E-state index contributed by atoms with van der Waals surface area (Å²) in [5.41, 5.74) is 0.188. The maximum absolute atomic E-state index is 12.4. The number of nitrogens with zero attached hydrogens (tertiary/aromatic N) is 1. The van der Waals surface area contributed by atoms with Crippen LogP contribution in [0.4, 0.5) is 0 Å². The molecule has 0 spiro atoms. The summed E-state index contributed by atoms with van der Waals surface area (Å²) < 4.78 is 30.9. The molecule has 9 nitrogen and oxygen atoms in total. The van der Waals surface area contributed by atoms with E-state index in [0.717, 1.165) is 19.4 Å². The molecule has 2 aliphatic rings. The van der Waals surface area contributed by atoms with Crippen LogP contribution in [0.1, 0.15) is 41.8 Å². The van der Waals surface area contributed by atoms with E-state index in [2.05, 4.69) is 10.0 Å². The van der Waals surface area contributed by atoms with E-state index in [1.807, 2.05) is 4.90 Å². The average Bonchev–Trinajstić information content (AvgIpc) is 3.28. The van der Waals surface area contributed by atoms with Crippen molar-refractivity contribution in [2.24, 2.45) is 5.92 Å². The number of carbonyl (C=O) groups is 2. The van der Waals surface area contributed by atoms with Crippen LogP contribution in [-0.2, 0) is 14.8 Å². The number of hydrogen-bond donors (Lipinski definition) is 3. The monoisotopic (exact) mass is 399 g/mol. The van der Waals surface area contributed by atoms with E-state index in [0.29, 0.717) is 18.8 Å². The van der Waals surface area contributed by atoms with Gasteiger partial charge in [-0.15, -0.1) is 0 Å². The number of aliphatic carboxylic acids is 1. The number of amides is 1. The lowest BCUT2D eigenvalue weighted by Gasteiger charge is -2.42. The van der Waals surface area contributed by atoms with E-state index in [1.165, 1.54) is 20.0 Å². The number of carboxylic acids is 1. The Morgan fingerprint density at radius 2 is 2.00 bits per heavy atom.